The fourth-order valence-corrected chi connectivity index (χ4v) is 2.45. The summed E-state index contributed by atoms with van der Waals surface area (Å²) in [5.74, 6) is 0.0170. The molecule has 1 amide bonds. The van der Waals surface area contributed by atoms with Crippen LogP contribution in [0.1, 0.15) is 30.6 Å². The molecule has 0 aliphatic heterocycles. The number of nitrogens with one attached hydrogen (secondary N) is 1. The molecule has 3 N–H and O–H groups in total. The number of para-hydroxylation sites is 1. The molecule has 0 aromatic heterocycles. The Labute approximate surface area is 140 Å². The summed E-state index contributed by atoms with van der Waals surface area (Å²) >= 11 is 5.82. The first-order valence-corrected chi connectivity index (χ1v) is 7.85. The summed E-state index contributed by atoms with van der Waals surface area (Å²) in [5, 5.41) is 23.3. The maximum atomic E-state index is 12.0. The van der Waals surface area contributed by atoms with Crippen LogP contribution in [0.5, 0.6) is 5.75 Å². The summed E-state index contributed by atoms with van der Waals surface area (Å²) in [6, 6.07) is 13.4. The smallest absolute Gasteiger partial charge is 0.220 e. The van der Waals surface area contributed by atoms with Gasteiger partial charge in [-0.15, -0.1) is 0 Å². The average Bonchev–Trinajstić information content (AvgIpc) is 2.54. The number of phenolic OH excluding ortho intramolecular Hbond substituents is 1. The van der Waals surface area contributed by atoms with Crippen molar-refractivity contribution in [1.82, 2.24) is 5.32 Å². The lowest BCUT2D eigenvalue weighted by Gasteiger charge is -2.20. The van der Waals surface area contributed by atoms with Crippen LogP contribution in [0.3, 0.4) is 0 Å². The van der Waals surface area contributed by atoms with E-state index in [1.165, 1.54) is 0 Å². The van der Waals surface area contributed by atoms with Gasteiger partial charge in [0.1, 0.15) is 5.75 Å². The van der Waals surface area contributed by atoms with Gasteiger partial charge in [-0.3, -0.25) is 4.79 Å². The molecule has 2 aromatic carbocycles. The first-order valence-electron chi connectivity index (χ1n) is 7.47. The van der Waals surface area contributed by atoms with Gasteiger partial charge in [0.05, 0.1) is 12.1 Å². The first kappa shape index (κ1) is 17.3. The molecule has 2 atom stereocenters. The third-order valence-corrected chi connectivity index (χ3v) is 3.94. The molecule has 2 rings (SSSR count). The lowest BCUT2D eigenvalue weighted by molar-refractivity contribution is -0.122. The Kier molecular flexibility index (Phi) is 6.02. The molecule has 0 bridgehead atoms. The highest BCUT2D eigenvalue weighted by Crippen LogP contribution is 2.20. The van der Waals surface area contributed by atoms with Crippen LogP contribution in [0.15, 0.2) is 48.5 Å². The van der Waals surface area contributed by atoms with E-state index in [-0.39, 0.29) is 18.1 Å². The molecular formula is C18H20ClNO3. The molecule has 4 nitrogen and oxygen atoms in total. The number of hydrogen-bond donors (Lipinski definition) is 3. The van der Waals surface area contributed by atoms with Crippen molar-refractivity contribution in [2.45, 2.75) is 31.9 Å². The molecule has 0 spiro atoms. The van der Waals surface area contributed by atoms with Gasteiger partial charge in [-0.1, -0.05) is 41.9 Å². The summed E-state index contributed by atoms with van der Waals surface area (Å²) in [5.41, 5.74) is 1.43. The van der Waals surface area contributed by atoms with Gasteiger partial charge in [0, 0.05) is 11.4 Å². The number of amides is 1. The summed E-state index contributed by atoms with van der Waals surface area (Å²) in [7, 11) is 0. The van der Waals surface area contributed by atoms with Crippen LogP contribution >= 0.6 is 11.6 Å². The van der Waals surface area contributed by atoms with Gasteiger partial charge >= 0.3 is 0 Å². The predicted octanol–water partition coefficient (Wildman–Crippen LogP) is 3.22. The third kappa shape index (κ3) is 4.98. The molecule has 2 aromatic rings. The minimum atomic E-state index is -0.804. The number of rotatable bonds is 6. The number of carbonyl (C=O) groups is 1. The van der Waals surface area contributed by atoms with Crippen molar-refractivity contribution in [3.05, 3.63) is 64.7 Å². The average molecular weight is 334 g/mol. The maximum absolute atomic E-state index is 12.0. The fourth-order valence-electron chi connectivity index (χ4n) is 2.32. The van der Waals surface area contributed by atoms with Crippen molar-refractivity contribution in [2.24, 2.45) is 0 Å². The van der Waals surface area contributed by atoms with E-state index in [1.54, 1.807) is 49.4 Å². The maximum Gasteiger partial charge on any atom is 0.220 e. The van der Waals surface area contributed by atoms with Crippen LogP contribution in [0.4, 0.5) is 0 Å². The van der Waals surface area contributed by atoms with E-state index < -0.39 is 12.1 Å². The lowest BCUT2D eigenvalue weighted by Crippen LogP contribution is -2.37. The standard InChI is InChI=1S/C18H20ClNO3/c1-12(18(23)14-6-9-15(19)10-7-14)20-17(22)11-8-13-4-2-3-5-16(13)21/h2-7,9-10,12,18,21,23H,8,11H2,1H3,(H,20,22). The van der Waals surface area contributed by atoms with Crippen LogP contribution < -0.4 is 5.32 Å². The Morgan fingerprint density at radius 1 is 1.17 bits per heavy atom. The number of halogens is 1. The van der Waals surface area contributed by atoms with E-state index in [2.05, 4.69) is 5.32 Å². The van der Waals surface area contributed by atoms with E-state index in [1.807, 2.05) is 6.07 Å². The number of hydrogen-bond acceptors (Lipinski definition) is 3. The minimum absolute atomic E-state index is 0.172. The summed E-state index contributed by atoms with van der Waals surface area (Å²) in [6.07, 6.45) is -0.112. The Bertz CT molecular complexity index is 658. The molecule has 23 heavy (non-hydrogen) atoms. The summed E-state index contributed by atoms with van der Waals surface area (Å²) in [4.78, 5) is 12.0. The second-order valence-electron chi connectivity index (χ2n) is 5.48. The number of benzene rings is 2. The van der Waals surface area contributed by atoms with Gasteiger partial charge in [-0.2, -0.15) is 0 Å². The van der Waals surface area contributed by atoms with E-state index >= 15 is 0 Å². The SMILES string of the molecule is CC(NC(=O)CCc1ccccc1O)C(O)c1ccc(Cl)cc1. The zero-order valence-electron chi connectivity index (χ0n) is 12.9. The van der Waals surface area contributed by atoms with Crippen molar-refractivity contribution in [2.75, 3.05) is 0 Å². The molecular weight excluding hydrogens is 314 g/mol. The lowest BCUT2D eigenvalue weighted by atomic mass is 10.0. The molecule has 0 fully saturated rings. The molecule has 0 saturated carbocycles. The normalized spacial score (nSPS) is 13.3. The summed E-state index contributed by atoms with van der Waals surface area (Å²) in [6.45, 7) is 1.75. The monoisotopic (exact) mass is 333 g/mol. The van der Waals surface area contributed by atoms with E-state index in [0.29, 0.717) is 17.0 Å². The highest BCUT2D eigenvalue weighted by Gasteiger charge is 2.18. The van der Waals surface area contributed by atoms with E-state index in [9.17, 15) is 15.0 Å². The molecule has 0 aliphatic rings. The van der Waals surface area contributed by atoms with Crippen molar-refractivity contribution < 1.29 is 15.0 Å². The number of aliphatic hydroxyl groups excluding tert-OH is 1. The van der Waals surface area contributed by atoms with Gasteiger partial charge in [-0.25, -0.2) is 0 Å². The number of phenols is 1. The topological polar surface area (TPSA) is 69.6 Å². The van der Waals surface area contributed by atoms with Crippen molar-refractivity contribution in [1.29, 1.82) is 0 Å². The van der Waals surface area contributed by atoms with Crippen LogP contribution in [-0.4, -0.2) is 22.2 Å². The first-order chi connectivity index (χ1) is 11.0. The molecule has 2 unspecified atom stereocenters. The van der Waals surface area contributed by atoms with Gasteiger partial charge < -0.3 is 15.5 Å². The Morgan fingerprint density at radius 2 is 1.83 bits per heavy atom. The number of carbonyl (C=O) groups excluding carboxylic acids is 1. The summed E-state index contributed by atoms with van der Waals surface area (Å²) < 4.78 is 0. The fraction of sp³-hybridized carbons (Fsp3) is 0.278. The Morgan fingerprint density at radius 3 is 2.48 bits per heavy atom. The molecule has 122 valence electrons. The number of aryl methyl sites for hydroxylation is 1. The highest BCUT2D eigenvalue weighted by molar-refractivity contribution is 6.30. The van der Waals surface area contributed by atoms with Crippen LogP contribution in [0.2, 0.25) is 5.02 Å². The van der Waals surface area contributed by atoms with E-state index in [0.717, 1.165) is 5.56 Å². The molecule has 0 radical (unpaired) electrons. The van der Waals surface area contributed by atoms with Gasteiger partial charge in [0.15, 0.2) is 0 Å². The largest absolute Gasteiger partial charge is 0.508 e. The van der Waals surface area contributed by atoms with Gasteiger partial charge in [-0.05, 0) is 42.7 Å². The molecule has 0 heterocycles. The van der Waals surface area contributed by atoms with Crippen LogP contribution in [0.25, 0.3) is 0 Å². The highest BCUT2D eigenvalue weighted by atomic mass is 35.5. The molecule has 0 saturated heterocycles. The van der Waals surface area contributed by atoms with Gasteiger partial charge in [0.25, 0.3) is 0 Å². The van der Waals surface area contributed by atoms with Crippen LogP contribution in [-0.2, 0) is 11.2 Å². The van der Waals surface area contributed by atoms with Crippen LogP contribution in [0, 0.1) is 0 Å². The Balaban J connectivity index is 1.87. The second kappa shape index (κ2) is 7.99. The second-order valence-corrected chi connectivity index (χ2v) is 5.92. The Hall–Kier alpha value is -2.04. The molecule has 5 heteroatoms. The van der Waals surface area contributed by atoms with Crippen molar-refractivity contribution in [3.8, 4) is 5.75 Å². The predicted molar refractivity (Wildman–Crippen MR) is 90.4 cm³/mol. The minimum Gasteiger partial charge on any atom is -0.508 e. The zero-order valence-corrected chi connectivity index (χ0v) is 13.6. The number of aromatic hydroxyl groups is 1. The third-order valence-electron chi connectivity index (χ3n) is 3.69. The van der Waals surface area contributed by atoms with Crippen molar-refractivity contribution in [3.63, 3.8) is 0 Å². The quantitative estimate of drug-likeness (QED) is 0.760. The zero-order chi connectivity index (χ0) is 16.8. The van der Waals surface area contributed by atoms with Gasteiger partial charge in [0.2, 0.25) is 5.91 Å². The van der Waals surface area contributed by atoms with E-state index in [4.69, 9.17) is 11.6 Å². The molecule has 0 aliphatic carbocycles. The van der Waals surface area contributed by atoms with Crippen molar-refractivity contribution >= 4 is 17.5 Å². The number of aliphatic hydroxyl groups is 1.